The van der Waals surface area contributed by atoms with E-state index in [0.29, 0.717) is 17.4 Å². The first-order valence-electron chi connectivity index (χ1n) is 7.91. The number of carbonyl (C=O) groups is 2. The summed E-state index contributed by atoms with van der Waals surface area (Å²) in [5.41, 5.74) is 1.57. The van der Waals surface area contributed by atoms with E-state index in [0.717, 1.165) is 11.3 Å². The first-order valence-corrected chi connectivity index (χ1v) is 8.29. The van der Waals surface area contributed by atoms with Gasteiger partial charge in [-0.3, -0.25) is 9.88 Å². The molecule has 1 heterocycles. The third-order valence-electron chi connectivity index (χ3n) is 3.40. The predicted molar refractivity (Wildman–Crippen MR) is 98.2 cm³/mol. The number of nitrogens with one attached hydrogen (secondary N) is 2. The molecule has 138 valence electrons. The van der Waals surface area contributed by atoms with E-state index in [9.17, 15) is 9.59 Å². The molecule has 0 unspecified atom stereocenters. The van der Waals surface area contributed by atoms with Crippen molar-refractivity contribution in [3.63, 3.8) is 0 Å². The fourth-order valence-corrected chi connectivity index (χ4v) is 2.13. The van der Waals surface area contributed by atoms with Crippen LogP contribution < -0.4 is 15.5 Å². The summed E-state index contributed by atoms with van der Waals surface area (Å²) < 4.78 is 5.08. The Hall–Kier alpha value is -2.87. The average molecular weight is 378 g/mol. The number of rotatable bonds is 6. The van der Waals surface area contributed by atoms with Gasteiger partial charge in [0, 0.05) is 18.6 Å². The van der Waals surface area contributed by atoms with Crippen molar-refractivity contribution in [2.45, 2.75) is 13.5 Å². The van der Waals surface area contributed by atoms with Crippen LogP contribution in [0.15, 0.2) is 36.7 Å². The zero-order chi connectivity index (χ0) is 18.9. The second-order valence-corrected chi connectivity index (χ2v) is 5.80. The molecule has 2 rings (SSSR count). The molecule has 2 aromatic rings. The number of benzene rings is 1. The number of aromatic nitrogens is 2. The van der Waals surface area contributed by atoms with Crippen molar-refractivity contribution < 1.29 is 14.3 Å². The number of urea groups is 1. The van der Waals surface area contributed by atoms with E-state index in [-0.39, 0.29) is 19.2 Å². The number of halogens is 1. The lowest BCUT2D eigenvalue weighted by Gasteiger charge is -2.16. The molecule has 3 amide bonds. The Labute approximate surface area is 156 Å². The Morgan fingerprint density at radius 3 is 2.65 bits per heavy atom. The van der Waals surface area contributed by atoms with Gasteiger partial charge in [0.1, 0.15) is 6.61 Å². The molecule has 26 heavy (non-hydrogen) atoms. The van der Waals surface area contributed by atoms with Crippen molar-refractivity contribution >= 4 is 29.5 Å². The molecule has 0 radical (unpaired) electrons. The van der Waals surface area contributed by atoms with E-state index in [1.54, 1.807) is 19.2 Å². The van der Waals surface area contributed by atoms with Gasteiger partial charge in [0.2, 0.25) is 0 Å². The van der Waals surface area contributed by atoms with Crippen LogP contribution in [-0.2, 0) is 11.3 Å². The molecule has 9 heteroatoms. The molecular weight excluding hydrogens is 358 g/mol. The molecule has 0 spiro atoms. The highest BCUT2D eigenvalue weighted by atomic mass is 35.5. The lowest BCUT2D eigenvalue weighted by molar-refractivity contribution is 0.155. The Kier molecular flexibility index (Phi) is 7.16. The molecule has 0 aliphatic rings. The van der Waals surface area contributed by atoms with Gasteiger partial charge in [-0.2, -0.15) is 0 Å². The van der Waals surface area contributed by atoms with Crippen LogP contribution in [0.25, 0.3) is 0 Å². The second kappa shape index (κ2) is 9.57. The molecule has 0 fully saturated rings. The Bertz CT molecular complexity index is 754. The van der Waals surface area contributed by atoms with Gasteiger partial charge >= 0.3 is 12.1 Å². The van der Waals surface area contributed by atoms with Crippen molar-refractivity contribution in [1.29, 1.82) is 0 Å². The summed E-state index contributed by atoms with van der Waals surface area (Å²) in [6, 6.07) is 6.87. The van der Waals surface area contributed by atoms with Gasteiger partial charge in [0.25, 0.3) is 0 Å². The fraction of sp³-hybridized carbons (Fsp3) is 0.294. The quantitative estimate of drug-likeness (QED) is 0.754. The van der Waals surface area contributed by atoms with Crippen molar-refractivity contribution in [3.05, 3.63) is 52.9 Å². The van der Waals surface area contributed by atoms with E-state index in [1.165, 1.54) is 18.1 Å². The number of ether oxygens (including phenoxy) is 1. The highest BCUT2D eigenvalue weighted by Gasteiger charge is 2.13. The van der Waals surface area contributed by atoms with Gasteiger partial charge in [0.15, 0.2) is 5.82 Å². The van der Waals surface area contributed by atoms with Crippen molar-refractivity contribution in [3.8, 4) is 0 Å². The fourth-order valence-electron chi connectivity index (χ4n) is 1.93. The maximum Gasteiger partial charge on any atom is 0.415 e. The van der Waals surface area contributed by atoms with Crippen LogP contribution in [0.2, 0.25) is 5.02 Å². The molecule has 0 aliphatic carbocycles. The van der Waals surface area contributed by atoms with Gasteiger partial charge in [0.05, 0.1) is 24.6 Å². The van der Waals surface area contributed by atoms with E-state index in [1.807, 2.05) is 18.2 Å². The minimum absolute atomic E-state index is 0.0297. The van der Waals surface area contributed by atoms with Gasteiger partial charge in [-0.15, -0.1) is 0 Å². The van der Waals surface area contributed by atoms with Crippen LogP contribution in [0, 0.1) is 6.92 Å². The highest BCUT2D eigenvalue weighted by Crippen LogP contribution is 2.14. The summed E-state index contributed by atoms with van der Waals surface area (Å²) in [6.45, 7) is 2.31. The smallest absolute Gasteiger partial charge is 0.415 e. The third-order valence-corrected chi connectivity index (χ3v) is 3.76. The minimum atomic E-state index is -0.582. The molecule has 2 N–H and O–H groups in total. The second-order valence-electron chi connectivity index (χ2n) is 5.39. The molecule has 0 bridgehead atoms. The number of carbonyl (C=O) groups excluding carboxylic acids is 2. The Morgan fingerprint density at radius 2 is 1.96 bits per heavy atom. The predicted octanol–water partition coefficient (Wildman–Crippen LogP) is 2.51. The Balaban J connectivity index is 1.66. The van der Waals surface area contributed by atoms with E-state index >= 15 is 0 Å². The largest absolute Gasteiger partial charge is 0.447 e. The summed E-state index contributed by atoms with van der Waals surface area (Å²) in [5.74, 6) is 0.381. The number of aryl methyl sites for hydroxylation is 1. The maximum atomic E-state index is 11.9. The standard InChI is InChI=1S/C17H20ClN5O3/c1-12-9-21-15(11-20-12)23(2)17(25)26-8-7-19-16(24)22-10-13-5-3-4-6-14(13)18/h3-6,9,11H,7-8,10H2,1-2H3,(H2,19,22,24). The van der Waals surface area contributed by atoms with Crippen LogP contribution in [-0.4, -0.2) is 42.3 Å². The van der Waals surface area contributed by atoms with Crippen LogP contribution >= 0.6 is 11.6 Å². The zero-order valence-corrected chi connectivity index (χ0v) is 15.3. The number of hydrogen-bond donors (Lipinski definition) is 2. The summed E-state index contributed by atoms with van der Waals surface area (Å²) in [6.07, 6.45) is 2.46. The summed E-state index contributed by atoms with van der Waals surface area (Å²) >= 11 is 6.01. The van der Waals surface area contributed by atoms with Crippen LogP contribution in [0.4, 0.5) is 15.4 Å². The molecular formula is C17H20ClN5O3. The van der Waals surface area contributed by atoms with E-state index < -0.39 is 6.09 Å². The maximum absolute atomic E-state index is 11.9. The van der Waals surface area contributed by atoms with Crippen molar-refractivity contribution in [1.82, 2.24) is 20.6 Å². The molecule has 0 saturated carbocycles. The number of amides is 3. The molecule has 1 aromatic heterocycles. The van der Waals surface area contributed by atoms with Gasteiger partial charge in [-0.05, 0) is 18.6 Å². The molecule has 8 nitrogen and oxygen atoms in total. The van der Waals surface area contributed by atoms with E-state index in [2.05, 4.69) is 20.6 Å². The molecule has 0 aliphatic heterocycles. The minimum Gasteiger partial charge on any atom is -0.447 e. The summed E-state index contributed by atoms with van der Waals surface area (Å²) in [7, 11) is 1.53. The number of anilines is 1. The van der Waals surface area contributed by atoms with Crippen molar-refractivity contribution in [2.75, 3.05) is 25.1 Å². The average Bonchev–Trinajstić information content (AvgIpc) is 2.64. The van der Waals surface area contributed by atoms with Crippen LogP contribution in [0.3, 0.4) is 0 Å². The van der Waals surface area contributed by atoms with E-state index in [4.69, 9.17) is 16.3 Å². The monoisotopic (exact) mass is 377 g/mol. The first-order chi connectivity index (χ1) is 12.5. The summed E-state index contributed by atoms with van der Waals surface area (Å²) in [5, 5.41) is 5.86. The first kappa shape index (κ1) is 19.5. The molecule has 0 saturated heterocycles. The zero-order valence-electron chi connectivity index (χ0n) is 14.5. The number of nitrogens with zero attached hydrogens (tertiary/aromatic N) is 3. The van der Waals surface area contributed by atoms with Gasteiger partial charge in [-0.25, -0.2) is 14.6 Å². The SMILES string of the molecule is Cc1cnc(N(C)C(=O)OCCNC(=O)NCc2ccccc2Cl)cn1. The summed E-state index contributed by atoms with van der Waals surface area (Å²) in [4.78, 5) is 33.0. The normalized spacial score (nSPS) is 10.1. The highest BCUT2D eigenvalue weighted by molar-refractivity contribution is 6.31. The van der Waals surface area contributed by atoms with Gasteiger partial charge < -0.3 is 15.4 Å². The van der Waals surface area contributed by atoms with Crippen LogP contribution in [0.1, 0.15) is 11.3 Å². The molecule has 0 atom stereocenters. The van der Waals surface area contributed by atoms with Crippen LogP contribution in [0.5, 0.6) is 0 Å². The van der Waals surface area contributed by atoms with Gasteiger partial charge in [-0.1, -0.05) is 29.8 Å². The Morgan fingerprint density at radius 1 is 1.19 bits per heavy atom. The topological polar surface area (TPSA) is 96.5 Å². The third kappa shape index (κ3) is 5.89. The lowest BCUT2D eigenvalue weighted by Crippen LogP contribution is -2.38. The molecule has 1 aromatic carbocycles. The van der Waals surface area contributed by atoms with Crippen molar-refractivity contribution in [2.24, 2.45) is 0 Å². The lowest BCUT2D eigenvalue weighted by atomic mass is 10.2. The number of hydrogen-bond acceptors (Lipinski definition) is 5.